The van der Waals surface area contributed by atoms with E-state index < -0.39 is 18.4 Å². The van der Waals surface area contributed by atoms with Gasteiger partial charge >= 0.3 is 11.9 Å². The zero-order chi connectivity index (χ0) is 18.4. The molecule has 0 amide bonds. The van der Waals surface area contributed by atoms with Crippen LogP contribution in [-0.2, 0) is 19.2 Å². The summed E-state index contributed by atoms with van der Waals surface area (Å²) in [7, 11) is 0. The van der Waals surface area contributed by atoms with Gasteiger partial charge in [0.25, 0.3) is 0 Å². The number of rotatable bonds is 9. The van der Waals surface area contributed by atoms with Gasteiger partial charge in [0.05, 0.1) is 6.42 Å². The first kappa shape index (κ1) is 19.3. The highest BCUT2D eigenvalue weighted by Gasteiger charge is 2.29. The molecule has 2 N–H and O–H groups in total. The van der Waals surface area contributed by atoms with Crippen LogP contribution in [0.15, 0.2) is 11.1 Å². The predicted molar refractivity (Wildman–Crippen MR) is 90.1 cm³/mol. The van der Waals surface area contributed by atoms with Crippen LogP contribution in [0.5, 0.6) is 0 Å². The molecular formula is C19H26O6. The molecule has 0 heterocycles. The lowest BCUT2D eigenvalue weighted by molar-refractivity contribution is -0.139. The number of hydrogen-bond donors (Lipinski definition) is 2. The molecule has 2 aliphatic rings. The molecule has 25 heavy (non-hydrogen) atoms. The standard InChI is InChI=1S/C19H26O6/c20-16(12-5-1-2-6-12)9-14(15(19(24)25)11-18(22)23)10-17(21)13-7-3-4-8-13/h12-13H,1-11H2,(H,22,23)(H,24,25). The van der Waals surface area contributed by atoms with Gasteiger partial charge in [0.2, 0.25) is 0 Å². The Hall–Kier alpha value is -1.98. The number of ketones is 2. The van der Waals surface area contributed by atoms with Crippen LogP contribution >= 0.6 is 0 Å². The molecule has 0 aromatic rings. The van der Waals surface area contributed by atoms with Crippen LogP contribution in [0, 0.1) is 11.8 Å². The lowest BCUT2D eigenvalue weighted by Gasteiger charge is -2.15. The van der Waals surface area contributed by atoms with Gasteiger partial charge in [-0.15, -0.1) is 0 Å². The maximum Gasteiger partial charge on any atom is 0.332 e. The maximum atomic E-state index is 12.5. The Labute approximate surface area is 147 Å². The van der Waals surface area contributed by atoms with Crippen molar-refractivity contribution in [1.29, 1.82) is 0 Å². The molecule has 0 saturated heterocycles. The normalized spacial score (nSPS) is 18.2. The number of hydrogen-bond acceptors (Lipinski definition) is 4. The van der Waals surface area contributed by atoms with E-state index in [1.165, 1.54) is 0 Å². The van der Waals surface area contributed by atoms with Crippen molar-refractivity contribution in [2.75, 3.05) is 0 Å². The molecule has 0 aromatic carbocycles. The van der Waals surface area contributed by atoms with E-state index in [1.807, 2.05) is 0 Å². The molecule has 0 spiro atoms. The summed E-state index contributed by atoms with van der Waals surface area (Å²) in [4.78, 5) is 47.5. The van der Waals surface area contributed by atoms with Gasteiger partial charge in [0.1, 0.15) is 11.6 Å². The fourth-order valence-corrected chi connectivity index (χ4v) is 3.98. The second kappa shape index (κ2) is 8.92. The lowest BCUT2D eigenvalue weighted by Crippen LogP contribution is -2.19. The van der Waals surface area contributed by atoms with Gasteiger partial charge in [-0.3, -0.25) is 14.4 Å². The number of allylic oxidation sites excluding steroid dienone is 1. The highest BCUT2D eigenvalue weighted by molar-refractivity contribution is 5.97. The van der Waals surface area contributed by atoms with Crippen molar-refractivity contribution in [3.63, 3.8) is 0 Å². The van der Waals surface area contributed by atoms with E-state index in [0.717, 1.165) is 51.4 Å². The van der Waals surface area contributed by atoms with Gasteiger partial charge in [-0.25, -0.2) is 4.79 Å². The fourth-order valence-electron chi connectivity index (χ4n) is 3.98. The monoisotopic (exact) mass is 350 g/mol. The second-order valence-corrected chi connectivity index (χ2v) is 7.21. The lowest BCUT2D eigenvalue weighted by atomic mass is 9.87. The van der Waals surface area contributed by atoms with E-state index in [4.69, 9.17) is 5.11 Å². The van der Waals surface area contributed by atoms with Crippen LogP contribution in [-0.4, -0.2) is 33.7 Å². The molecule has 6 heteroatoms. The maximum absolute atomic E-state index is 12.5. The van der Waals surface area contributed by atoms with Crippen LogP contribution in [0.1, 0.15) is 70.6 Å². The topological polar surface area (TPSA) is 109 Å². The summed E-state index contributed by atoms with van der Waals surface area (Å²) < 4.78 is 0. The molecule has 138 valence electrons. The van der Waals surface area contributed by atoms with E-state index >= 15 is 0 Å². The molecule has 0 aliphatic heterocycles. The van der Waals surface area contributed by atoms with Crippen molar-refractivity contribution >= 4 is 23.5 Å². The molecule has 0 atom stereocenters. The van der Waals surface area contributed by atoms with Crippen molar-refractivity contribution in [3.05, 3.63) is 11.1 Å². The third-order valence-electron chi connectivity index (χ3n) is 5.41. The Morgan fingerprint density at radius 1 is 0.680 bits per heavy atom. The third kappa shape index (κ3) is 5.51. The first-order valence-corrected chi connectivity index (χ1v) is 9.10. The Morgan fingerprint density at radius 3 is 1.40 bits per heavy atom. The molecule has 2 saturated carbocycles. The third-order valence-corrected chi connectivity index (χ3v) is 5.41. The summed E-state index contributed by atoms with van der Waals surface area (Å²) in [6.45, 7) is 0. The molecular weight excluding hydrogens is 324 g/mol. The zero-order valence-corrected chi connectivity index (χ0v) is 14.5. The summed E-state index contributed by atoms with van der Waals surface area (Å²) in [5, 5.41) is 18.4. The van der Waals surface area contributed by atoms with Gasteiger partial charge < -0.3 is 10.2 Å². The van der Waals surface area contributed by atoms with Crippen molar-refractivity contribution < 1.29 is 29.4 Å². The number of aliphatic carboxylic acids is 2. The number of carbonyl (C=O) groups excluding carboxylic acids is 2. The molecule has 2 rings (SSSR count). The Bertz CT molecular complexity index is 545. The molecule has 6 nitrogen and oxygen atoms in total. The number of carboxylic acid groups (broad SMARTS) is 2. The van der Waals surface area contributed by atoms with Crippen molar-refractivity contribution in [2.24, 2.45) is 11.8 Å². The van der Waals surface area contributed by atoms with E-state index in [9.17, 15) is 24.3 Å². The SMILES string of the molecule is O=C(O)CC(C(=O)O)=C(CC(=O)C1CCCC1)CC(=O)C1CCCC1. The summed E-state index contributed by atoms with van der Waals surface area (Å²) in [6.07, 6.45) is 6.22. The van der Waals surface area contributed by atoms with Gasteiger partial charge in [-0.2, -0.15) is 0 Å². The van der Waals surface area contributed by atoms with Gasteiger partial charge in [0.15, 0.2) is 0 Å². The van der Waals surface area contributed by atoms with Crippen LogP contribution < -0.4 is 0 Å². The number of Topliss-reactive ketones (excluding diaryl/α,β-unsaturated/α-hetero) is 2. The minimum absolute atomic E-state index is 0.0594. The molecule has 2 aliphatic carbocycles. The van der Waals surface area contributed by atoms with Crippen molar-refractivity contribution in [2.45, 2.75) is 70.6 Å². The van der Waals surface area contributed by atoms with Crippen LogP contribution in [0.2, 0.25) is 0 Å². The molecule has 0 radical (unpaired) electrons. The van der Waals surface area contributed by atoms with Gasteiger partial charge in [-0.1, -0.05) is 25.7 Å². The summed E-state index contributed by atoms with van der Waals surface area (Å²) in [6, 6.07) is 0. The molecule has 2 fully saturated rings. The molecule has 0 unspecified atom stereocenters. The summed E-state index contributed by atoms with van der Waals surface area (Å²) in [5.41, 5.74) is -0.103. The first-order chi connectivity index (χ1) is 11.9. The second-order valence-electron chi connectivity index (χ2n) is 7.21. The van der Waals surface area contributed by atoms with E-state index in [0.29, 0.717) is 0 Å². The van der Waals surface area contributed by atoms with E-state index in [1.54, 1.807) is 0 Å². The highest BCUT2D eigenvalue weighted by atomic mass is 16.4. The number of carboxylic acids is 2. The van der Waals surface area contributed by atoms with Crippen molar-refractivity contribution in [1.82, 2.24) is 0 Å². The Kier molecular flexibility index (Phi) is 6.91. The van der Waals surface area contributed by atoms with Gasteiger partial charge in [0, 0.05) is 30.3 Å². The summed E-state index contributed by atoms with van der Waals surface area (Å²) in [5.74, 6) is -2.91. The van der Waals surface area contributed by atoms with E-state index in [2.05, 4.69) is 0 Å². The minimum Gasteiger partial charge on any atom is -0.481 e. The molecule has 0 aromatic heterocycles. The fraction of sp³-hybridized carbons (Fsp3) is 0.684. The Morgan fingerprint density at radius 2 is 1.08 bits per heavy atom. The summed E-state index contributed by atoms with van der Waals surface area (Å²) >= 11 is 0. The Balaban J connectivity index is 2.21. The largest absolute Gasteiger partial charge is 0.481 e. The quantitative estimate of drug-likeness (QED) is 0.618. The van der Waals surface area contributed by atoms with Crippen LogP contribution in [0.25, 0.3) is 0 Å². The smallest absolute Gasteiger partial charge is 0.332 e. The molecule has 0 bridgehead atoms. The van der Waals surface area contributed by atoms with Crippen LogP contribution in [0.4, 0.5) is 0 Å². The van der Waals surface area contributed by atoms with E-state index in [-0.39, 0.29) is 47.4 Å². The first-order valence-electron chi connectivity index (χ1n) is 9.10. The highest BCUT2D eigenvalue weighted by Crippen LogP contribution is 2.32. The average Bonchev–Trinajstić information content (AvgIpc) is 3.23. The van der Waals surface area contributed by atoms with Crippen molar-refractivity contribution in [3.8, 4) is 0 Å². The number of carbonyl (C=O) groups is 4. The minimum atomic E-state index is -1.35. The zero-order valence-electron chi connectivity index (χ0n) is 14.5. The van der Waals surface area contributed by atoms with Gasteiger partial charge in [-0.05, 0) is 31.3 Å². The predicted octanol–water partition coefficient (Wildman–Crippen LogP) is 3.14. The average molecular weight is 350 g/mol. The van der Waals surface area contributed by atoms with Crippen LogP contribution in [0.3, 0.4) is 0 Å².